The van der Waals surface area contributed by atoms with Gasteiger partial charge in [-0.05, 0) is 44.4 Å². The van der Waals surface area contributed by atoms with E-state index in [4.69, 9.17) is 21.1 Å². The summed E-state index contributed by atoms with van der Waals surface area (Å²) in [5.41, 5.74) is 1.14. The standard InChI is InChI=1S/C19H28ClNO3/c1-3-23-19(22)16-8-11-21(12-9-16)10-4-5-13-24-18-7-6-15(2)14-17(18)20/h6-7,14,16H,3-5,8-13H2,1-2H3/p+1. The second kappa shape index (κ2) is 9.90. The molecule has 134 valence electrons. The first-order valence-electron chi connectivity index (χ1n) is 8.99. The molecule has 1 aliphatic rings. The highest BCUT2D eigenvalue weighted by Gasteiger charge is 2.27. The number of benzene rings is 1. The Hall–Kier alpha value is -1.26. The van der Waals surface area contributed by atoms with Gasteiger partial charge in [0.25, 0.3) is 0 Å². The van der Waals surface area contributed by atoms with Crippen molar-refractivity contribution in [3.63, 3.8) is 0 Å². The van der Waals surface area contributed by atoms with Crippen molar-refractivity contribution in [2.24, 2.45) is 5.92 Å². The molecular weight excluding hydrogens is 326 g/mol. The van der Waals surface area contributed by atoms with E-state index in [1.54, 1.807) is 4.90 Å². The molecule has 0 atom stereocenters. The maximum absolute atomic E-state index is 11.7. The Balaban J connectivity index is 1.58. The maximum Gasteiger partial charge on any atom is 0.309 e. The van der Waals surface area contributed by atoms with E-state index < -0.39 is 0 Å². The average molecular weight is 355 g/mol. The number of carbonyl (C=O) groups is 1. The van der Waals surface area contributed by atoms with Gasteiger partial charge < -0.3 is 14.4 Å². The van der Waals surface area contributed by atoms with Gasteiger partial charge in [-0.25, -0.2) is 0 Å². The second-order valence-corrected chi connectivity index (χ2v) is 6.92. The third kappa shape index (κ3) is 5.99. The molecule has 0 amide bonds. The van der Waals surface area contributed by atoms with Crippen molar-refractivity contribution in [2.45, 2.75) is 39.5 Å². The van der Waals surface area contributed by atoms with Crippen molar-refractivity contribution >= 4 is 17.6 Å². The number of nitrogens with one attached hydrogen (secondary N) is 1. The molecule has 0 unspecified atom stereocenters. The summed E-state index contributed by atoms with van der Waals surface area (Å²) in [4.78, 5) is 13.3. The van der Waals surface area contributed by atoms with Crippen molar-refractivity contribution < 1.29 is 19.2 Å². The molecule has 0 bridgehead atoms. The number of likely N-dealkylation sites (tertiary alicyclic amines) is 1. The van der Waals surface area contributed by atoms with E-state index in [9.17, 15) is 4.79 Å². The predicted molar refractivity (Wildman–Crippen MR) is 95.8 cm³/mol. The number of esters is 1. The molecule has 24 heavy (non-hydrogen) atoms. The van der Waals surface area contributed by atoms with E-state index in [-0.39, 0.29) is 11.9 Å². The monoisotopic (exact) mass is 354 g/mol. The lowest BCUT2D eigenvalue weighted by Crippen LogP contribution is -3.13. The largest absolute Gasteiger partial charge is 0.492 e. The van der Waals surface area contributed by atoms with Crippen LogP contribution in [0.25, 0.3) is 0 Å². The zero-order chi connectivity index (χ0) is 17.4. The summed E-state index contributed by atoms with van der Waals surface area (Å²) < 4.78 is 10.9. The van der Waals surface area contributed by atoms with E-state index in [1.165, 1.54) is 0 Å². The number of hydrogen-bond acceptors (Lipinski definition) is 3. The van der Waals surface area contributed by atoms with Gasteiger partial charge in [-0.15, -0.1) is 0 Å². The normalized spacial score (nSPS) is 20.6. The Labute approximate surface area is 150 Å². The Bertz CT molecular complexity index is 527. The number of hydrogen-bond donors (Lipinski definition) is 1. The maximum atomic E-state index is 11.7. The molecule has 1 aromatic rings. The Morgan fingerprint density at radius 1 is 1.29 bits per heavy atom. The highest BCUT2D eigenvalue weighted by atomic mass is 35.5. The third-order valence-corrected chi connectivity index (χ3v) is 4.88. The van der Waals surface area contributed by atoms with Gasteiger partial charge in [-0.1, -0.05) is 17.7 Å². The highest BCUT2D eigenvalue weighted by Crippen LogP contribution is 2.25. The summed E-state index contributed by atoms with van der Waals surface area (Å²) in [6, 6.07) is 5.87. The van der Waals surface area contributed by atoms with Crippen LogP contribution in [-0.2, 0) is 9.53 Å². The van der Waals surface area contributed by atoms with Crippen LogP contribution in [0.4, 0.5) is 0 Å². The van der Waals surface area contributed by atoms with Crippen LogP contribution in [0.1, 0.15) is 38.2 Å². The van der Waals surface area contributed by atoms with Gasteiger partial charge in [0.1, 0.15) is 5.75 Å². The number of ether oxygens (including phenoxy) is 2. The third-order valence-electron chi connectivity index (χ3n) is 4.58. The number of quaternary nitrogens is 1. The van der Waals surface area contributed by atoms with E-state index in [0.717, 1.165) is 56.6 Å². The number of piperidine rings is 1. The summed E-state index contributed by atoms with van der Waals surface area (Å²) >= 11 is 6.16. The van der Waals surface area contributed by atoms with Crippen LogP contribution in [0.5, 0.6) is 5.75 Å². The van der Waals surface area contributed by atoms with E-state index >= 15 is 0 Å². The first-order chi connectivity index (χ1) is 11.6. The number of rotatable bonds is 8. The quantitative estimate of drug-likeness (QED) is 0.576. The molecule has 1 N–H and O–H groups in total. The zero-order valence-corrected chi connectivity index (χ0v) is 15.5. The van der Waals surface area contributed by atoms with Crippen LogP contribution in [0.2, 0.25) is 5.02 Å². The number of unbranched alkanes of at least 4 members (excludes halogenated alkanes) is 1. The SMILES string of the molecule is CCOC(=O)C1CC[NH+](CCCCOc2ccc(C)cc2Cl)CC1. The van der Waals surface area contributed by atoms with Gasteiger partial charge in [0.05, 0.1) is 43.8 Å². The lowest BCUT2D eigenvalue weighted by atomic mass is 9.97. The lowest BCUT2D eigenvalue weighted by Gasteiger charge is -2.28. The van der Waals surface area contributed by atoms with Gasteiger partial charge in [-0.2, -0.15) is 0 Å². The minimum Gasteiger partial charge on any atom is -0.492 e. The topological polar surface area (TPSA) is 40.0 Å². The minimum atomic E-state index is -0.0140. The van der Waals surface area contributed by atoms with Crippen LogP contribution in [0, 0.1) is 12.8 Å². The molecule has 1 heterocycles. The van der Waals surface area contributed by atoms with Crippen LogP contribution in [-0.4, -0.2) is 38.8 Å². The average Bonchev–Trinajstić information content (AvgIpc) is 2.57. The number of carbonyl (C=O) groups excluding carboxylic acids is 1. The highest BCUT2D eigenvalue weighted by molar-refractivity contribution is 6.32. The van der Waals surface area contributed by atoms with E-state index in [2.05, 4.69) is 0 Å². The predicted octanol–water partition coefficient (Wildman–Crippen LogP) is 2.67. The van der Waals surface area contributed by atoms with E-state index in [0.29, 0.717) is 18.2 Å². The molecule has 0 saturated carbocycles. The van der Waals surface area contributed by atoms with Crippen LogP contribution in [0.15, 0.2) is 18.2 Å². The molecule has 1 aliphatic heterocycles. The Kier molecular flexibility index (Phi) is 7.86. The van der Waals surface area contributed by atoms with Crippen LogP contribution >= 0.6 is 11.6 Å². The van der Waals surface area contributed by atoms with Crippen molar-refractivity contribution in [2.75, 3.05) is 32.8 Å². The summed E-state index contributed by atoms with van der Waals surface area (Å²) in [6.45, 7) is 8.33. The van der Waals surface area contributed by atoms with Gasteiger partial charge in [0.15, 0.2) is 0 Å². The fourth-order valence-corrected chi connectivity index (χ4v) is 3.44. The van der Waals surface area contributed by atoms with Crippen molar-refractivity contribution in [1.82, 2.24) is 0 Å². The summed E-state index contributed by atoms with van der Waals surface area (Å²) in [5, 5.41) is 0.682. The molecule has 4 nitrogen and oxygen atoms in total. The van der Waals surface area contributed by atoms with Gasteiger partial charge in [0, 0.05) is 12.8 Å². The lowest BCUT2D eigenvalue weighted by molar-refractivity contribution is -0.906. The fourth-order valence-electron chi connectivity index (χ4n) is 3.15. The smallest absolute Gasteiger partial charge is 0.309 e. The number of aryl methyl sites for hydroxylation is 1. The molecule has 0 aromatic heterocycles. The number of halogens is 1. The van der Waals surface area contributed by atoms with Crippen molar-refractivity contribution in [3.05, 3.63) is 28.8 Å². The molecule has 1 saturated heterocycles. The van der Waals surface area contributed by atoms with E-state index in [1.807, 2.05) is 32.0 Å². The zero-order valence-electron chi connectivity index (χ0n) is 14.8. The first kappa shape index (κ1) is 19.1. The van der Waals surface area contributed by atoms with Crippen molar-refractivity contribution in [1.29, 1.82) is 0 Å². The van der Waals surface area contributed by atoms with Crippen molar-refractivity contribution in [3.8, 4) is 5.75 Å². The molecule has 1 aromatic carbocycles. The Morgan fingerprint density at radius 3 is 2.71 bits per heavy atom. The molecule has 1 fully saturated rings. The van der Waals surface area contributed by atoms with Crippen LogP contribution < -0.4 is 9.64 Å². The molecule has 0 radical (unpaired) electrons. The minimum absolute atomic E-state index is 0.0140. The van der Waals surface area contributed by atoms with Gasteiger partial charge in [-0.3, -0.25) is 4.79 Å². The fraction of sp³-hybridized carbons (Fsp3) is 0.632. The Morgan fingerprint density at radius 2 is 2.04 bits per heavy atom. The molecule has 2 rings (SSSR count). The first-order valence-corrected chi connectivity index (χ1v) is 9.37. The molecule has 0 aliphatic carbocycles. The van der Waals surface area contributed by atoms with Gasteiger partial charge in [0.2, 0.25) is 0 Å². The van der Waals surface area contributed by atoms with Crippen LogP contribution in [0.3, 0.4) is 0 Å². The molecular formula is C19H29ClNO3+. The second-order valence-electron chi connectivity index (χ2n) is 6.52. The summed E-state index contributed by atoms with van der Waals surface area (Å²) in [7, 11) is 0. The summed E-state index contributed by atoms with van der Waals surface area (Å²) in [6.07, 6.45) is 4.05. The summed E-state index contributed by atoms with van der Waals surface area (Å²) in [5.74, 6) is 0.866. The van der Waals surface area contributed by atoms with Gasteiger partial charge >= 0.3 is 5.97 Å². The molecule has 5 heteroatoms. The molecule has 0 spiro atoms.